The van der Waals surface area contributed by atoms with Crippen LogP contribution in [-0.2, 0) is 9.53 Å². The number of ether oxygens (including phenoxy) is 3. The van der Waals surface area contributed by atoms with E-state index >= 15 is 0 Å². The van der Waals surface area contributed by atoms with Crippen LogP contribution in [0.25, 0.3) is 22.2 Å². The maximum Gasteiger partial charge on any atom is 0.243 e. The number of fused-ring (bicyclic) bond motifs is 1. The molecule has 3 heterocycles. The van der Waals surface area contributed by atoms with E-state index in [1.807, 2.05) is 6.07 Å². The molecule has 2 N–H and O–H groups in total. The third-order valence-corrected chi connectivity index (χ3v) is 6.26. The number of anilines is 1. The largest absolute Gasteiger partial charge is 0.496 e. The second-order valence-electron chi connectivity index (χ2n) is 8.47. The van der Waals surface area contributed by atoms with Crippen LogP contribution < -0.4 is 20.1 Å². The van der Waals surface area contributed by atoms with Gasteiger partial charge < -0.3 is 24.8 Å². The minimum atomic E-state index is -0.253. The summed E-state index contributed by atoms with van der Waals surface area (Å²) in [6.45, 7) is 8.46. The van der Waals surface area contributed by atoms with E-state index in [1.165, 1.54) is 6.08 Å². The van der Waals surface area contributed by atoms with Gasteiger partial charge in [0.1, 0.15) is 11.5 Å². The van der Waals surface area contributed by atoms with Crippen molar-refractivity contribution < 1.29 is 19.0 Å². The number of nitrogens with zero attached hydrogens (tertiary/aromatic N) is 3. The van der Waals surface area contributed by atoms with E-state index in [4.69, 9.17) is 25.8 Å². The van der Waals surface area contributed by atoms with E-state index in [1.54, 1.807) is 32.7 Å². The second-order valence-corrected chi connectivity index (χ2v) is 8.85. The van der Waals surface area contributed by atoms with Crippen LogP contribution in [0.15, 0.2) is 37.2 Å². The SMILES string of the molecule is C=CC(=O)NC1COCC1Nc1ncc2cc(-c3c(Cl)c(OC)cc(OC)c3C(C)C)ncc2n1. The number of methoxy groups -OCH3 is 2. The van der Waals surface area contributed by atoms with E-state index in [0.717, 1.165) is 16.5 Å². The van der Waals surface area contributed by atoms with Crippen molar-refractivity contribution >= 4 is 34.4 Å². The molecule has 2 unspecified atom stereocenters. The van der Waals surface area contributed by atoms with Gasteiger partial charge in [-0.3, -0.25) is 9.78 Å². The summed E-state index contributed by atoms with van der Waals surface area (Å²) in [5, 5.41) is 7.37. The first-order valence-corrected chi connectivity index (χ1v) is 11.6. The fraction of sp³-hybridized carbons (Fsp3) is 0.360. The number of hydrogen-bond acceptors (Lipinski definition) is 8. The molecule has 0 radical (unpaired) electrons. The van der Waals surface area contributed by atoms with Gasteiger partial charge >= 0.3 is 0 Å². The first-order chi connectivity index (χ1) is 16.9. The second kappa shape index (κ2) is 10.5. The summed E-state index contributed by atoms with van der Waals surface area (Å²) in [6.07, 6.45) is 4.65. The molecule has 0 aliphatic carbocycles. The zero-order valence-corrected chi connectivity index (χ0v) is 20.8. The fourth-order valence-electron chi connectivity index (χ4n) is 4.15. The van der Waals surface area contributed by atoms with Crippen molar-refractivity contribution in [2.75, 3.05) is 32.8 Å². The average molecular weight is 498 g/mol. The highest BCUT2D eigenvalue weighted by atomic mass is 35.5. The number of amides is 1. The number of nitrogens with one attached hydrogen (secondary N) is 2. The minimum absolute atomic E-state index is 0.131. The highest BCUT2D eigenvalue weighted by Gasteiger charge is 2.30. The van der Waals surface area contributed by atoms with Crippen LogP contribution in [0.5, 0.6) is 11.5 Å². The van der Waals surface area contributed by atoms with Gasteiger partial charge in [0.25, 0.3) is 0 Å². The number of hydrogen-bond donors (Lipinski definition) is 2. The van der Waals surface area contributed by atoms with E-state index in [2.05, 4.69) is 46.0 Å². The number of rotatable bonds is 8. The van der Waals surface area contributed by atoms with Gasteiger partial charge in [0.2, 0.25) is 11.9 Å². The third kappa shape index (κ3) is 5.01. The van der Waals surface area contributed by atoms with Crippen molar-refractivity contribution in [3.63, 3.8) is 0 Å². The first kappa shape index (κ1) is 24.7. The van der Waals surface area contributed by atoms with Gasteiger partial charge in [0, 0.05) is 28.8 Å². The predicted octanol–water partition coefficient (Wildman–Crippen LogP) is 3.97. The van der Waals surface area contributed by atoms with Crippen molar-refractivity contribution in [3.05, 3.63) is 47.8 Å². The van der Waals surface area contributed by atoms with E-state index < -0.39 is 0 Å². The molecule has 4 rings (SSSR count). The van der Waals surface area contributed by atoms with E-state index in [-0.39, 0.29) is 23.9 Å². The van der Waals surface area contributed by atoms with Crippen molar-refractivity contribution in [1.82, 2.24) is 20.3 Å². The first-order valence-electron chi connectivity index (χ1n) is 11.2. The zero-order chi connectivity index (χ0) is 25.1. The molecule has 2 atom stereocenters. The Morgan fingerprint density at radius 2 is 1.91 bits per heavy atom. The maximum atomic E-state index is 11.7. The van der Waals surface area contributed by atoms with Gasteiger partial charge in [-0.1, -0.05) is 32.0 Å². The summed E-state index contributed by atoms with van der Waals surface area (Å²) >= 11 is 6.74. The Balaban J connectivity index is 1.68. The number of carbonyl (C=O) groups is 1. The van der Waals surface area contributed by atoms with Crippen LogP contribution in [0.4, 0.5) is 5.95 Å². The fourth-order valence-corrected chi connectivity index (χ4v) is 4.48. The molecule has 0 saturated carbocycles. The van der Waals surface area contributed by atoms with Crippen LogP contribution in [0, 0.1) is 0 Å². The van der Waals surface area contributed by atoms with E-state index in [0.29, 0.717) is 46.9 Å². The lowest BCUT2D eigenvalue weighted by atomic mass is 9.93. The predicted molar refractivity (Wildman–Crippen MR) is 135 cm³/mol. The molecule has 1 amide bonds. The van der Waals surface area contributed by atoms with Crippen molar-refractivity contribution in [3.8, 4) is 22.8 Å². The van der Waals surface area contributed by atoms with Gasteiger partial charge in [0.15, 0.2) is 0 Å². The Morgan fingerprint density at radius 3 is 2.60 bits per heavy atom. The lowest BCUT2D eigenvalue weighted by Gasteiger charge is -2.21. The lowest BCUT2D eigenvalue weighted by molar-refractivity contribution is -0.117. The van der Waals surface area contributed by atoms with Crippen LogP contribution in [0.1, 0.15) is 25.3 Å². The highest BCUT2D eigenvalue weighted by Crippen LogP contribution is 2.45. The summed E-state index contributed by atoms with van der Waals surface area (Å²) in [5.41, 5.74) is 3.03. The number of pyridine rings is 1. The van der Waals surface area contributed by atoms with Crippen LogP contribution >= 0.6 is 11.6 Å². The molecule has 2 aromatic heterocycles. The smallest absolute Gasteiger partial charge is 0.243 e. The topological polar surface area (TPSA) is 107 Å². The highest BCUT2D eigenvalue weighted by molar-refractivity contribution is 6.35. The van der Waals surface area contributed by atoms with Gasteiger partial charge in [-0.15, -0.1) is 0 Å². The van der Waals surface area contributed by atoms with Crippen LogP contribution in [0.3, 0.4) is 0 Å². The number of carbonyl (C=O) groups excluding carboxylic acids is 1. The maximum absolute atomic E-state index is 11.7. The molecule has 3 aromatic rings. The third-order valence-electron chi connectivity index (χ3n) is 5.88. The quantitative estimate of drug-likeness (QED) is 0.450. The van der Waals surface area contributed by atoms with Crippen molar-refractivity contribution in [2.45, 2.75) is 31.8 Å². The summed E-state index contributed by atoms with van der Waals surface area (Å²) in [7, 11) is 3.19. The van der Waals surface area contributed by atoms with Gasteiger partial charge in [0.05, 0.1) is 61.9 Å². The summed E-state index contributed by atoms with van der Waals surface area (Å²) < 4.78 is 16.6. The standard InChI is InChI=1S/C25H28ClN5O4/c1-6-21(32)29-17-11-35-12-18(17)31-25-28-9-14-7-15(27-10-16(14)30-25)23-22(13(2)3)19(33-4)8-20(34-5)24(23)26/h6-10,13,17-18H,1,11-12H2,2-5H3,(H,29,32)(H,28,30,31). The van der Waals surface area contributed by atoms with E-state index in [9.17, 15) is 4.79 Å². The van der Waals surface area contributed by atoms with Gasteiger partial charge in [-0.05, 0) is 18.1 Å². The molecule has 0 bridgehead atoms. The molecule has 184 valence electrons. The molecule has 9 nitrogen and oxygen atoms in total. The molecule has 1 aliphatic heterocycles. The molecular weight excluding hydrogens is 470 g/mol. The zero-order valence-electron chi connectivity index (χ0n) is 20.1. The Hall–Kier alpha value is -3.43. The molecule has 1 aromatic carbocycles. The Morgan fingerprint density at radius 1 is 1.17 bits per heavy atom. The molecular formula is C25H28ClN5O4. The normalized spacial score (nSPS) is 17.4. The minimum Gasteiger partial charge on any atom is -0.496 e. The van der Waals surface area contributed by atoms with Crippen molar-refractivity contribution in [2.24, 2.45) is 0 Å². The molecule has 0 spiro atoms. The number of aromatic nitrogens is 3. The van der Waals surface area contributed by atoms with Crippen LogP contribution in [0.2, 0.25) is 5.02 Å². The van der Waals surface area contributed by atoms with Crippen molar-refractivity contribution in [1.29, 1.82) is 0 Å². The Kier molecular flexibility index (Phi) is 7.37. The molecule has 1 aliphatic rings. The molecule has 35 heavy (non-hydrogen) atoms. The lowest BCUT2D eigenvalue weighted by Crippen LogP contribution is -2.45. The van der Waals surface area contributed by atoms with Gasteiger partial charge in [-0.25, -0.2) is 9.97 Å². The number of benzene rings is 1. The monoisotopic (exact) mass is 497 g/mol. The summed E-state index contributed by atoms with van der Waals surface area (Å²) in [4.78, 5) is 25.4. The molecule has 1 saturated heterocycles. The molecule has 1 fully saturated rings. The Labute approximate surface area is 208 Å². The van der Waals surface area contributed by atoms with Crippen LogP contribution in [-0.4, -0.2) is 60.4 Å². The average Bonchev–Trinajstić information content (AvgIpc) is 3.29. The molecule has 10 heteroatoms. The van der Waals surface area contributed by atoms with Gasteiger partial charge in [-0.2, -0.15) is 0 Å². The Bertz CT molecular complexity index is 1270. The summed E-state index contributed by atoms with van der Waals surface area (Å²) in [6, 6.07) is 3.32. The number of halogens is 1. The summed E-state index contributed by atoms with van der Waals surface area (Å²) in [5.74, 6) is 1.50.